The Kier molecular flexibility index (Phi) is 76.7. The molecule has 612 valence electrons. The molecule has 0 heterocycles. The van der Waals surface area contributed by atoms with Gasteiger partial charge in [0.25, 0.3) is 0 Å². The summed E-state index contributed by atoms with van der Waals surface area (Å²) in [5, 5.41) is 10.6. The van der Waals surface area contributed by atoms with E-state index in [2.05, 4.69) is 27.7 Å². The topological polar surface area (TPSA) is 237 Å². The fraction of sp³-hybridized carbons (Fsp3) is 0.952. The molecule has 0 radical (unpaired) electrons. The van der Waals surface area contributed by atoms with E-state index in [4.69, 9.17) is 37.0 Å². The largest absolute Gasteiger partial charge is 0.472 e. The van der Waals surface area contributed by atoms with Gasteiger partial charge in [0, 0.05) is 25.7 Å². The Labute approximate surface area is 632 Å². The van der Waals surface area contributed by atoms with Crippen LogP contribution in [0.2, 0.25) is 0 Å². The molecule has 0 rings (SSSR count). The van der Waals surface area contributed by atoms with E-state index < -0.39 is 97.5 Å². The summed E-state index contributed by atoms with van der Waals surface area (Å²) in [4.78, 5) is 73.0. The summed E-state index contributed by atoms with van der Waals surface area (Å²) in [5.41, 5.74) is 0. The van der Waals surface area contributed by atoms with Crippen LogP contribution in [0, 0.1) is 0 Å². The first-order valence-corrected chi connectivity index (χ1v) is 46.8. The lowest BCUT2D eigenvalue weighted by Crippen LogP contribution is -2.30. The van der Waals surface area contributed by atoms with Crippen molar-refractivity contribution in [1.29, 1.82) is 0 Å². The first-order chi connectivity index (χ1) is 50.2. The highest BCUT2D eigenvalue weighted by Crippen LogP contribution is 2.45. The van der Waals surface area contributed by atoms with Crippen LogP contribution in [0.15, 0.2) is 0 Å². The number of unbranched alkanes of at least 4 members (excludes halogenated alkanes) is 59. The zero-order valence-corrected chi connectivity index (χ0v) is 69.1. The molecule has 19 heteroatoms. The second kappa shape index (κ2) is 78.2. The van der Waals surface area contributed by atoms with Gasteiger partial charge < -0.3 is 33.8 Å². The van der Waals surface area contributed by atoms with Crippen LogP contribution in [0.5, 0.6) is 0 Å². The number of esters is 4. The molecule has 103 heavy (non-hydrogen) atoms. The number of phosphoric acid groups is 2. The molecule has 0 spiro atoms. The maximum Gasteiger partial charge on any atom is 0.472 e. The average molecular weight is 1510 g/mol. The average Bonchev–Trinajstić information content (AvgIpc) is 0.950. The molecule has 0 aromatic rings. The summed E-state index contributed by atoms with van der Waals surface area (Å²) < 4.78 is 68.7. The second-order valence-corrected chi connectivity index (χ2v) is 33.1. The highest BCUT2D eigenvalue weighted by Gasteiger charge is 2.30. The van der Waals surface area contributed by atoms with Gasteiger partial charge in [0.05, 0.1) is 26.4 Å². The molecule has 0 aromatic carbocycles. The van der Waals surface area contributed by atoms with Crippen molar-refractivity contribution in [3.05, 3.63) is 0 Å². The Hall–Kier alpha value is -1.94. The van der Waals surface area contributed by atoms with Gasteiger partial charge in [0.2, 0.25) is 0 Å². The number of rotatable bonds is 85. The normalized spacial score (nSPS) is 13.7. The van der Waals surface area contributed by atoms with Crippen molar-refractivity contribution >= 4 is 39.5 Å². The lowest BCUT2D eigenvalue weighted by molar-refractivity contribution is -0.161. The number of carbonyl (C=O) groups is 4. The van der Waals surface area contributed by atoms with Gasteiger partial charge in [-0.1, -0.05) is 407 Å². The highest BCUT2D eigenvalue weighted by atomic mass is 31.2. The molecule has 2 unspecified atom stereocenters. The molecule has 0 amide bonds. The van der Waals surface area contributed by atoms with Gasteiger partial charge in [-0.3, -0.25) is 37.3 Å². The highest BCUT2D eigenvalue weighted by molar-refractivity contribution is 7.47. The second-order valence-electron chi connectivity index (χ2n) is 30.2. The molecule has 0 fully saturated rings. The predicted molar refractivity (Wildman–Crippen MR) is 423 cm³/mol. The van der Waals surface area contributed by atoms with Crippen molar-refractivity contribution in [1.82, 2.24) is 0 Å². The molecule has 0 aliphatic rings. The number of aliphatic hydroxyl groups excluding tert-OH is 1. The summed E-state index contributed by atoms with van der Waals surface area (Å²) in [6.07, 6.45) is 72.4. The summed E-state index contributed by atoms with van der Waals surface area (Å²) in [7, 11) is -9.92. The summed E-state index contributed by atoms with van der Waals surface area (Å²) in [6, 6.07) is 0. The molecule has 0 saturated heterocycles. The van der Waals surface area contributed by atoms with Crippen molar-refractivity contribution in [2.24, 2.45) is 0 Å². The Morgan fingerprint density at radius 3 is 0.573 bits per heavy atom. The van der Waals surface area contributed by atoms with E-state index >= 15 is 0 Å². The SMILES string of the molecule is CCCCCCCCCCCCCCCCCCCCCCCC(=O)O[C@H](COC(=O)CCCCCCCCCCCCCCCCCCCCC)COP(=O)(O)OC[C@@H](O)COP(=O)(O)OC[C@@H](COC(=O)CCCCCCCCCC)OC(=O)CCCCCCCCCCCCCCCCC. The minimum atomic E-state index is -4.96. The zero-order valence-electron chi connectivity index (χ0n) is 67.3. The van der Waals surface area contributed by atoms with E-state index in [1.165, 1.54) is 289 Å². The lowest BCUT2D eigenvalue weighted by atomic mass is 10.0. The van der Waals surface area contributed by atoms with E-state index in [9.17, 15) is 43.2 Å². The van der Waals surface area contributed by atoms with E-state index in [-0.39, 0.29) is 25.7 Å². The number of phosphoric ester groups is 2. The minimum absolute atomic E-state index is 0.109. The van der Waals surface area contributed by atoms with Crippen molar-refractivity contribution in [3.8, 4) is 0 Å². The van der Waals surface area contributed by atoms with Gasteiger partial charge in [-0.2, -0.15) is 0 Å². The van der Waals surface area contributed by atoms with Gasteiger partial charge in [-0.15, -0.1) is 0 Å². The number of aliphatic hydroxyl groups is 1. The number of ether oxygens (including phenoxy) is 4. The van der Waals surface area contributed by atoms with Crippen LogP contribution in [0.1, 0.15) is 458 Å². The van der Waals surface area contributed by atoms with Crippen molar-refractivity contribution in [3.63, 3.8) is 0 Å². The Bertz CT molecular complexity index is 1950. The molecule has 5 atom stereocenters. The van der Waals surface area contributed by atoms with Crippen LogP contribution >= 0.6 is 15.6 Å². The molecule has 0 aromatic heterocycles. The zero-order chi connectivity index (χ0) is 75.3. The number of hydrogen-bond acceptors (Lipinski definition) is 15. The summed E-state index contributed by atoms with van der Waals surface area (Å²) >= 11 is 0. The van der Waals surface area contributed by atoms with Gasteiger partial charge in [0.1, 0.15) is 19.3 Å². The Morgan fingerprint density at radius 1 is 0.233 bits per heavy atom. The molecular formula is C84H164O17P2. The molecule has 3 N–H and O–H groups in total. The van der Waals surface area contributed by atoms with Gasteiger partial charge in [0.15, 0.2) is 12.2 Å². The first kappa shape index (κ1) is 101. The van der Waals surface area contributed by atoms with Crippen molar-refractivity contribution in [2.75, 3.05) is 39.6 Å². The van der Waals surface area contributed by atoms with Crippen LogP contribution in [-0.2, 0) is 65.4 Å². The van der Waals surface area contributed by atoms with E-state index in [1.54, 1.807) is 0 Å². The van der Waals surface area contributed by atoms with Crippen molar-refractivity contribution < 1.29 is 80.2 Å². The first-order valence-electron chi connectivity index (χ1n) is 43.8. The third kappa shape index (κ3) is 78.0. The fourth-order valence-electron chi connectivity index (χ4n) is 13.2. The number of hydrogen-bond donors (Lipinski definition) is 3. The van der Waals surface area contributed by atoms with Gasteiger partial charge >= 0.3 is 39.5 Å². The van der Waals surface area contributed by atoms with Crippen LogP contribution in [-0.4, -0.2) is 96.7 Å². The summed E-state index contributed by atoms with van der Waals surface area (Å²) in [5.74, 6) is -2.10. The van der Waals surface area contributed by atoms with E-state index in [0.717, 1.165) is 89.9 Å². The third-order valence-electron chi connectivity index (χ3n) is 19.9. The maximum atomic E-state index is 13.1. The molecule has 0 saturated carbocycles. The molecule has 0 bridgehead atoms. The molecule has 0 aliphatic carbocycles. The van der Waals surface area contributed by atoms with Crippen molar-refractivity contribution in [2.45, 2.75) is 476 Å². The smallest absolute Gasteiger partial charge is 0.462 e. The van der Waals surface area contributed by atoms with E-state index in [1.807, 2.05) is 0 Å². The summed E-state index contributed by atoms with van der Waals surface area (Å²) in [6.45, 7) is 5.02. The van der Waals surface area contributed by atoms with Crippen LogP contribution in [0.3, 0.4) is 0 Å². The van der Waals surface area contributed by atoms with Crippen LogP contribution in [0.25, 0.3) is 0 Å². The van der Waals surface area contributed by atoms with Gasteiger partial charge in [-0.25, -0.2) is 9.13 Å². The number of carbonyl (C=O) groups excluding carboxylic acids is 4. The molecule has 17 nitrogen and oxygen atoms in total. The quantitative estimate of drug-likeness (QED) is 0.0222. The third-order valence-corrected chi connectivity index (χ3v) is 21.8. The molecule has 0 aliphatic heterocycles. The van der Waals surface area contributed by atoms with Gasteiger partial charge in [-0.05, 0) is 25.7 Å². The Morgan fingerprint density at radius 2 is 0.388 bits per heavy atom. The molecular weight excluding hydrogens is 1340 g/mol. The minimum Gasteiger partial charge on any atom is -0.462 e. The van der Waals surface area contributed by atoms with Crippen LogP contribution in [0.4, 0.5) is 0 Å². The fourth-order valence-corrected chi connectivity index (χ4v) is 14.7. The van der Waals surface area contributed by atoms with Crippen LogP contribution < -0.4 is 0 Å². The predicted octanol–water partition coefficient (Wildman–Crippen LogP) is 25.7. The monoisotopic (exact) mass is 1510 g/mol. The Balaban J connectivity index is 5.18. The standard InChI is InChI=1S/C84H164O17P2/c1-5-9-13-17-21-25-28-31-34-36-38-39-41-43-46-49-52-55-59-63-67-71-84(89)101-80(75-95-82(87)69-65-61-57-53-50-47-45-42-40-37-35-32-29-26-22-18-14-10-6-2)77-99-103(92,93)97-73-78(85)72-96-102(90,91)98-76-79(74-94-81(86)68-64-60-56-24-20-16-12-8-4)100-83(88)70-66-62-58-54-51-48-44-33-30-27-23-19-15-11-7-3/h78-80,85H,5-77H2,1-4H3,(H,90,91)(H,92,93)/t78-,79+,80+/m0/s1. The maximum absolute atomic E-state index is 13.1. The lowest BCUT2D eigenvalue weighted by Gasteiger charge is -2.21. The van der Waals surface area contributed by atoms with E-state index in [0.29, 0.717) is 25.7 Å².